The van der Waals surface area contributed by atoms with Crippen molar-refractivity contribution in [2.45, 2.75) is 39.7 Å². The van der Waals surface area contributed by atoms with Crippen LogP contribution in [0.15, 0.2) is 42.7 Å². The van der Waals surface area contributed by atoms with Crippen molar-refractivity contribution in [3.8, 4) is 0 Å². The molecule has 1 saturated heterocycles. The summed E-state index contributed by atoms with van der Waals surface area (Å²) in [4.78, 5) is 31.1. The number of hydrogen-bond donors (Lipinski definition) is 2. The molecule has 1 amide bonds. The number of nitrogens with zero attached hydrogens (tertiary/aromatic N) is 5. The van der Waals surface area contributed by atoms with Crippen LogP contribution in [0.1, 0.15) is 38.7 Å². The van der Waals surface area contributed by atoms with Crippen LogP contribution >= 0.6 is 11.6 Å². The topological polar surface area (TPSA) is 86.3 Å². The number of halogens is 1. The van der Waals surface area contributed by atoms with Crippen LogP contribution in [0.25, 0.3) is 10.9 Å². The summed E-state index contributed by atoms with van der Waals surface area (Å²) in [6.45, 7) is 10.3. The van der Waals surface area contributed by atoms with Gasteiger partial charge in [-0.1, -0.05) is 43.6 Å². The summed E-state index contributed by atoms with van der Waals surface area (Å²) in [6, 6.07) is 9.63. The normalized spacial score (nSPS) is 14.4. The van der Waals surface area contributed by atoms with Gasteiger partial charge in [-0.2, -0.15) is 0 Å². The predicted molar refractivity (Wildman–Crippen MR) is 146 cm³/mol. The monoisotopic (exact) mass is 509 g/mol. The van der Waals surface area contributed by atoms with Gasteiger partial charge in [0.2, 0.25) is 11.9 Å². The Bertz CT molecular complexity index is 1150. The van der Waals surface area contributed by atoms with E-state index < -0.39 is 0 Å². The minimum Gasteiger partial charge on any atom is -0.356 e. The van der Waals surface area contributed by atoms with Crippen molar-refractivity contribution in [3.63, 3.8) is 0 Å². The number of nitrogens with one attached hydrogen (secondary N) is 2. The van der Waals surface area contributed by atoms with E-state index >= 15 is 0 Å². The molecule has 0 radical (unpaired) electrons. The molecule has 0 aliphatic carbocycles. The summed E-state index contributed by atoms with van der Waals surface area (Å²) in [5.41, 5.74) is 1.83. The zero-order chi connectivity index (χ0) is 25.3. The van der Waals surface area contributed by atoms with E-state index in [1.807, 2.05) is 36.5 Å². The van der Waals surface area contributed by atoms with E-state index in [1.54, 1.807) is 6.20 Å². The molecular weight excluding hydrogens is 474 g/mol. The molecule has 36 heavy (non-hydrogen) atoms. The second-order valence-electron chi connectivity index (χ2n) is 9.14. The fourth-order valence-corrected chi connectivity index (χ4v) is 4.85. The number of pyridine rings is 1. The van der Waals surface area contributed by atoms with Gasteiger partial charge in [-0.05, 0) is 56.6 Å². The lowest BCUT2D eigenvalue weighted by Crippen LogP contribution is -2.41. The zero-order valence-corrected chi connectivity index (χ0v) is 22.0. The molecule has 3 aromatic rings. The fourth-order valence-electron chi connectivity index (χ4n) is 4.65. The molecule has 0 atom stereocenters. The number of rotatable bonds is 11. The molecule has 2 N–H and O–H groups in total. The van der Waals surface area contributed by atoms with Crippen LogP contribution in [-0.2, 0) is 11.3 Å². The van der Waals surface area contributed by atoms with Gasteiger partial charge in [0.15, 0.2) is 0 Å². The van der Waals surface area contributed by atoms with Crippen molar-refractivity contribution >= 4 is 40.2 Å². The van der Waals surface area contributed by atoms with Crippen molar-refractivity contribution in [1.82, 2.24) is 25.2 Å². The SMILES string of the molecule is CCN(CC)CCCNC(=O)C1CCN(c2nccc3nc(NCc4ccccc4Cl)ncc23)CC1. The van der Waals surface area contributed by atoms with Crippen molar-refractivity contribution in [2.24, 2.45) is 5.92 Å². The van der Waals surface area contributed by atoms with E-state index in [-0.39, 0.29) is 11.8 Å². The Balaban J connectivity index is 1.31. The summed E-state index contributed by atoms with van der Waals surface area (Å²) in [5.74, 6) is 1.67. The number of carbonyl (C=O) groups is 1. The van der Waals surface area contributed by atoms with Gasteiger partial charge in [0, 0.05) is 49.5 Å². The van der Waals surface area contributed by atoms with Crippen LogP contribution in [0.3, 0.4) is 0 Å². The average molecular weight is 510 g/mol. The van der Waals surface area contributed by atoms with E-state index in [2.05, 4.69) is 49.2 Å². The predicted octanol–water partition coefficient (Wildman–Crippen LogP) is 4.35. The first kappa shape index (κ1) is 26.1. The highest BCUT2D eigenvalue weighted by Crippen LogP contribution is 2.28. The summed E-state index contributed by atoms with van der Waals surface area (Å²) in [7, 11) is 0. The molecule has 1 aliphatic rings. The van der Waals surface area contributed by atoms with Crippen molar-refractivity contribution < 1.29 is 4.79 Å². The Morgan fingerprint density at radius 1 is 1.14 bits per heavy atom. The van der Waals surface area contributed by atoms with Gasteiger partial charge in [-0.15, -0.1) is 0 Å². The lowest BCUT2D eigenvalue weighted by Gasteiger charge is -2.32. The van der Waals surface area contributed by atoms with Crippen LogP contribution in [0.2, 0.25) is 5.02 Å². The molecule has 0 spiro atoms. The molecular formula is C27H36ClN7O. The molecule has 0 bridgehead atoms. The Morgan fingerprint density at radius 3 is 2.67 bits per heavy atom. The second kappa shape index (κ2) is 12.8. The van der Waals surface area contributed by atoms with Gasteiger partial charge < -0.3 is 20.4 Å². The van der Waals surface area contributed by atoms with E-state index in [1.165, 1.54) is 0 Å². The standard InChI is InChI=1S/C27H36ClN7O/c1-3-34(4-2)15-7-13-30-26(36)20-11-16-35(17-12-20)25-22-19-32-27(33-24(22)10-14-29-25)31-18-21-8-5-6-9-23(21)28/h5-6,8-10,14,19-20H,3-4,7,11-13,15-18H2,1-2H3,(H,30,36)(H,31,32,33). The van der Waals surface area contributed by atoms with Gasteiger partial charge >= 0.3 is 0 Å². The van der Waals surface area contributed by atoms with Crippen molar-refractivity contribution in [1.29, 1.82) is 0 Å². The largest absolute Gasteiger partial charge is 0.356 e. The first-order chi connectivity index (χ1) is 17.6. The Labute approximate surface area is 218 Å². The number of hydrogen-bond acceptors (Lipinski definition) is 7. The third-order valence-corrected chi connectivity index (χ3v) is 7.26. The number of piperidine rings is 1. The number of anilines is 2. The minimum atomic E-state index is 0.0570. The average Bonchev–Trinajstić information content (AvgIpc) is 2.92. The summed E-state index contributed by atoms with van der Waals surface area (Å²) in [5, 5.41) is 8.03. The van der Waals surface area contributed by atoms with Crippen LogP contribution in [-0.4, -0.2) is 65.0 Å². The Kier molecular flexibility index (Phi) is 9.30. The number of benzene rings is 1. The van der Waals surface area contributed by atoms with Crippen LogP contribution in [0.5, 0.6) is 0 Å². The maximum Gasteiger partial charge on any atom is 0.223 e. The molecule has 3 heterocycles. The van der Waals surface area contributed by atoms with Crippen LogP contribution in [0.4, 0.5) is 11.8 Å². The molecule has 1 aromatic carbocycles. The molecule has 9 heteroatoms. The van der Waals surface area contributed by atoms with Crippen molar-refractivity contribution in [2.75, 3.05) is 49.5 Å². The molecule has 2 aromatic heterocycles. The lowest BCUT2D eigenvalue weighted by molar-refractivity contribution is -0.125. The highest BCUT2D eigenvalue weighted by Gasteiger charge is 2.26. The molecule has 0 unspecified atom stereocenters. The number of amides is 1. The molecule has 8 nitrogen and oxygen atoms in total. The molecule has 1 fully saturated rings. The number of fused-ring (bicyclic) bond motifs is 1. The first-order valence-electron chi connectivity index (χ1n) is 12.9. The minimum absolute atomic E-state index is 0.0570. The third-order valence-electron chi connectivity index (χ3n) is 6.89. The van der Waals surface area contributed by atoms with Crippen LogP contribution < -0.4 is 15.5 Å². The lowest BCUT2D eigenvalue weighted by atomic mass is 9.95. The number of aromatic nitrogens is 3. The van der Waals surface area contributed by atoms with E-state index in [9.17, 15) is 4.79 Å². The molecule has 192 valence electrons. The second-order valence-corrected chi connectivity index (χ2v) is 9.55. The van der Waals surface area contributed by atoms with E-state index in [4.69, 9.17) is 11.6 Å². The quantitative estimate of drug-likeness (QED) is 0.371. The van der Waals surface area contributed by atoms with Gasteiger partial charge in [0.05, 0.1) is 10.9 Å². The summed E-state index contributed by atoms with van der Waals surface area (Å²) < 4.78 is 0. The first-order valence-corrected chi connectivity index (χ1v) is 13.3. The summed E-state index contributed by atoms with van der Waals surface area (Å²) >= 11 is 6.25. The Morgan fingerprint density at radius 2 is 1.92 bits per heavy atom. The smallest absolute Gasteiger partial charge is 0.223 e. The maximum atomic E-state index is 12.7. The molecule has 4 rings (SSSR count). The highest BCUT2D eigenvalue weighted by molar-refractivity contribution is 6.31. The van der Waals surface area contributed by atoms with Crippen LogP contribution in [0, 0.1) is 5.92 Å². The van der Waals surface area contributed by atoms with E-state index in [0.29, 0.717) is 17.5 Å². The third kappa shape index (κ3) is 6.62. The van der Waals surface area contributed by atoms with E-state index in [0.717, 1.165) is 80.8 Å². The van der Waals surface area contributed by atoms with Gasteiger partial charge in [0.25, 0.3) is 0 Å². The van der Waals surface area contributed by atoms with Gasteiger partial charge in [-0.25, -0.2) is 15.0 Å². The van der Waals surface area contributed by atoms with Gasteiger partial charge in [0.1, 0.15) is 5.82 Å². The number of carbonyl (C=O) groups excluding carboxylic acids is 1. The Hall–Kier alpha value is -2.97. The van der Waals surface area contributed by atoms with Crippen molar-refractivity contribution in [3.05, 3.63) is 53.3 Å². The maximum absolute atomic E-state index is 12.7. The highest BCUT2D eigenvalue weighted by atomic mass is 35.5. The fraction of sp³-hybridized carbons (Fsp3) is 0.481. The zero-order valence-electron chi connectivity index (χ0n) is 21.2. The van der Waals surface area contributed by atoms with Gasteiger partial charge in [-0.3, -0.25) is 4.79 Å². The summed E-state index contributed by atoms with van der Waals surface area (Å²) in [6.07, 6.45) is 6.24. The molecule has 1 aliphatic heterocycles. The molecule has 0 saturated carbocycles.